The molecule has 98 valence electrons. The highest BCUT2D eigenvalue weighted by Crippen LogP contribution is 2.24. The second-order valence-corrected chi connectivity index (χ2v) is 4.80. The molecule has 0 saturated carbocycles. The van der Waals surface area contributed by atoms with E-state index in [4.69, 9.17) is 5.73 Å². The first-order valence-electron chi connectivity index (χ1n) is 6.35. The van der Waals surface area contributed by atoms with Gasteiger partial charge in [-0.25, -0.2) is 0 Å². The van der Waals surface area contributed by atoms with Crippen molar-refractivity contribution >= 4 is 22.7 Å². The lowest BCUT2D eigenvalue weighted by Gasteiger charge is -2.22. The number of aromatic nitrogens is 1. The third kappa shape index (κ3) is 1.87. The van der Waals surface area contributed by atoms with Gasteiger partial charge in [0.1, 0.15) is 6.04 Å². The van der Waals surface area contributed by atoms with E-state index in [9.17, 15) is 9.59 Å². The molecule has 0 bridgehead atoms. The van der Waals surface area contributed by atoms with Crippen LogP contribution in [0, 0.1) is 0 Å². The molecular weight excluding hydrogens is 242 g/mol. The second-order valence-electron chi connectivity index (χ2n) is 4.80. The first-order chi connectivity index (χ1) is 9.18. The van der Waals surface area contributed by atoms with E-state index < -0.39 is 11.9 Å². The Morgan fingerprint density at radius 1 is 1.32 bits per heavy atom. The summed E-state index contributed by atoms with van der Waals surface area (Å²) in [6.45, 7) is 0.591. The van der Waals surface area contributed by atoms with Crippen molar-refractivity contribution < 1.29 is 9.59 Å². The van der Waals surface area contributed by atoms with Gasteiger partial charge in [0.25, 0.3) is 5.91 Å². The highest BCUT2D eigenvalue weighted by molar-refractivity contribution is 6.07. The van der Waals surface area contributed by atoms with Crippen LogP contribution in [-0.2, 0) is 4.79 Å². The molecule has 1 aromatic heterocycles. The van der Waals surface area contributed by atoms with Crippen molar-refractivity contribution in [2.24, 2.45) is 5.73 Å². The van der Waals surface area contributed by atoms with E-state index in [0.717, 1.165) is 17.3 Å². The van der Waals surface area contributed by atoms with E-state index in [1.807, 2.05) is 18.2 Å². The SMILES string of the molecule is NC(=O)C1CCCN1C(=O)c1cccc2[nH]ccc12. The number of fused-ring (bicyclic) bond motifs is 1. The number of aromatic amines is 1. The van der Waals surface area contributed by atoms with Crippen LogP contribution in [0.25, 0.3) is 10.9 Å². The number of H-pyrrole nitrogens is 1. The summed E-state index contributed by atoms with van der Waals surface area (Å²) < 4.78 is 0. The van der Waals surface area contributed by atoms with Crippen LogP contribution in [0.4, 0.5) is 0 Å². The Morgan fingerprint density at radius 2 is 2.16 bits per heavy atom. The predicted octanol–water partition coefficient (Wildman–Crippen LogP) is 1.26. The number of nitrogens with two attached hydrogens (primary N) is 1. The average Bonchev–Trinajstić information content (AvgIpc) is 3.05. The maximum absolute atomic E-state index is 12.6. The molecule has 1 aliphatic rings. The Kier molecular flexibility index (Phi) is 2.74. The van der Waals surface area contributed by atoms with E-state index >= 15 is 0 Å². The lowest BCUT2D eigenvalue weighted by Crippen LogP contribution is -2.43. The Labute approximate surface area is 110 Å². The zero-order valence-electron chi connectivity index (χ0n) is 10.4. The third-order valence-electron chi connectivity index (χ3n) is 3.67. The van der Waals surface area contributed by atoms with Gasteiger partial charge in [0.05, 0.1) is 0 Å². The van der Waals surface area contributed by atoms with Gasteiger partial charge >= 0.3 is 0 Å². The molecular formula is C14H15N3O2. The van der Waals surface area contributed by atoms with Gasteiger partial charge in [0, 0.05) is 29.2 Å². The highest BCUT2D eigenvalue weighted by Gasteiger charge is 2.33. The number of rotatable bonds is 2. The number of carbonyl (C=O) groups excluding carboxylic acids is 2. The minimum atomic E-state index is -0.471. The molecule has 0 spiro atoms. The molecule has 0 radical (unpaired) electrons. The summed E-state index contributed by atoms with van der Waals surface area (Å²) >= 11 is 0. The van der Waals surface area contributed by atoms with Gasteiger partial charge in [-0.1, -0.05) is 6.07 Å². The van der Waals surface area contributed by atoms with Crippen LogP contribution >= 0.6 is 0 Å². The molecule has 1 aromatic carbocycles. The number of nitrogens with one attached hydrogen (secondary N) is 1. The molecule has 5 nitrogen and oxygen atoms in total. The fraction of sp³-hybridized carbons (Fsp3) is 0.286. The van der Waals surface area contributed by atoms with Crippen LogP contribution in [0.1, 0.15) is 23.2 Å². The van der Waals surface area contributed by atoms with E-state index in [2.05, 4.69) is 4.98 Å². The van der Waals surface area contributed by atoms with Crippen LogP contribution in [0.5, 0.6) is 0 Å². The molecule has 5 heteroatoms. The van der Waals surface area contributed by atoms with Crippen molar-refractivity contribution in [1.82, 2.24) is 9.88 Å². The van der Waals surface area contributed by atoms with E-state index in [1.54, 1.807) is 17.2 Å². The van der Waals surface area contributed by atoms with Crippen molar-refractivity contribution in [1.29, 1.82) is 0 Å². The highest BCUT2D eigenvalue weighted by atomic mass is 16.2. The van der Waals surface area contributed by atoms with E-state index in [0.29, 0.717) is 18.5 Å². The Balaban J connectivity index is 2.00. The monoisotopic (exact) mass is 257 g/mol. The van der Waals surface area contributed by atoms with Crippen molar-refractivity contribution in [2.75, 3.05) is 6.54 Å². The van der Waals surface area contributed by atoms with Crippen LogP contribution < -0.4 is 5.73 Å². The summed E-state index contributed by atoms with van der Waals surface area (Å²) in [5.41, 5.74) is 6.89. The van der Waals surface area contributed by atoms with Crippen molar-refractivity contribution in [3.63, 3.8) is 0 Å². The van der Waals surface area contributed by atoms with Crippen LogP contribution in [0.15, 0.2) is 30.5 Å². The van der Waals surface area contributed by atoms with Crippen molar-refractivity contribution in [3.05, 3.63) is 36.0 Å². The van der Waals surface area contributed by atoms with Gasteiger partial charge in [-0.05, 0) is 31.0 Å². The van der Waals surface area contributed by atoms with Crippen LogP contribution in [0.3, 0.4) is 0 Å². The number of hydrogen-bond donors (Lipinski definition) is 2. The molecule has 1 saturated heterocycles. The molecule has 3 rings (SSSR count). The number of primary amides is 1. The zero-order chi connectivity index (χ0) is 13.4. The minimum Gasteiger partial charge on any atom is -0.368 e. The smallest absolute Gasteiger partial charge is 0.255 e. The third-order valence-corrected chi connectivity index (χ3v) is 3.67. The molecule has 0 aliphatic carbocycles. The van der Waals surface area contributed by atoms with Crippen molar-refractivity contribution in [3.8, 4) is 0 Å². The zero-order valence-corrected chi connectivity index (χ0v) is 10.4. The molecule has 2 aromatic rings. The topological polar surface area (TPSA) is 79.2 Å². The summed E-state index contributed by atoms with van der Waals surface area (Å²) in [4.78, 5) is 28.6. The second kappa shape index (κ2) is 4.42. The molecule has 3 N–H and O–H groups in total. The van der Waals surface area contributed by atoms with Gasteiger partial charge in [0.15, 0.2) is 0 Å². The van der Waals surface area contributed by atoms with Crippen molar-refractivity contribution in [2.45, 2.75) is 18.9 Å². The number of likely N-dealkylation sites (tertiary alicyclic amines) is 1. The molecule has 2 heterocycles. The predicted molar refractivity (Wildman–Crippen MR) is 71.6 cm³/mol. The van der Waals surface area contributed by atoms with E-state index in [1.165, 1.54) is 0 Å². The quantitative estimate of drug-likeness (QED) is 0.849. The number of carbonyl (C=O) groups is 2. The number of hydrogen-bond acceptors (Lipinski definition) is 2. The normalized spacial score (nSPS) is 18.9. The largest absolute Gasteiger partial charge is 0.368 e. The summed E-state index contributed by atoms with van der Waals surface area (Å²) in [5, 5.41) is 0.877. The molecule has 1 fully saturated rings. The fourth-order valence-electron chi connectivity index (χ4n) is 2.73. The standard InChI is InChI=1S/C14H15N3O2/c15-13(18)12-5-2-8-17(12)14(19)10-3-1-4-11-9(10)6-7-16-11/h1,3-4,6-7,12,16H,2,5,8H2,(H2,15,18). The molecule has 19 heavy (non-hydrogen) atoms. The molecule has 1 unspecified atom stereocenters. The van der Waals surface area contributed by atoms with Gasteiger partial charge in [-0.2, -0.15) is 0 Å². The number of nitrogens with zero attached hydrogens (tertiary/aromatic N) is 1. The summed E-state index contributed by atoms with van der Waals surface area (Å²) in [5.74, 6) is -0.543. The van der Waals surface area contributed by atoms with Gasteiger partial charge in [0.2, 0.25) is 5.91 Å². The first kappa shape index (κ1) is 11.8. The van der Waals surface area contributed by atoms with Crippen LogP contribution in [0.2, 0.25) is 0 Å². The maximum atomic E-state index is 12.6. The maximum Gasteiger partial charge on any atom is 0.255 e. The Bertz CT molecular complexity index is 647. The van der Waals surface area contributed by atoms with Gasteiger partial charge in [-0.3, -0.25) is 9.59 Å². The lowest BCUT2D eigenvalue weighted by molar-refractivity contribution is -0.121. The lowest BCUT2D eigenvalue weighted by atomic mass is 10.1. The van der Waals surface area contributed by atoms with E-state index in [-0.39, 0.29) is 5.91 Å². The minimum absolute atomic E-state index is 0.119. The fourth-order valence-corrected chi connectivity index (χ4v) is 2.73. The summed E-state index contributed by atoms with van der Waals surface area (Å²) in [7, 11) is 0. The Hall–Kier alpha value is -2.30. The van der Waals surface area contributed by atoms with Gasteiger partial charge in [-0.15, -0.1) is 0 Å². The summed E-state index contributed by atoms with van der Waals surface area (Å²) in [6.07, 6.45) is 3.28. The average molecular weight is 257 g/mol. The van der Waals surface area contributed by atoms with Crippen LogP contribution in [-0.4, -0.2) is 34.3 Å². The Morgan fingerprint density at radius 3 is 2.95 bits per heavy atom. The molecule has 1 atom stereocenters. The summed E-state index contributed by atoms with van der Waals surface area (Å²) in [6, 6.07) is 6.94. The first-order valence-corrected chi connectivity index (χ1v) is 6.35. The molecule has 2 amide bonds. The molecule has 1 aliphatic heterocycles. The number of amides is 2. The van der Waals surface area contributed by atoms with Gasteiger partial charge < -0.3 is 15.6 Å². The number of benzene rings is 1.